The average Bonchev–Trinajstić information content (AvgIpc) is 2.51. The van der Waals surface area contributed by atoms with Crippen molar-refractivity contribution in [3.8, 4) is 0 Å². The Kier molecular flexibility index (Phi) is 5.31. The summed E-state index contributed by atoms with van der Waals surface area (Å²) in [6.07, 6.45) is 0. The number of aryl methyl sites for hydroxylation is 2. The topological polar surface area (TPSA) is 50.1 Å². The zero-order valence-electron chi connectivity index (χ0n) is 10.4. The fourth-order valence-electron chi connectivity index (χ4n) is 1.53. The van der Waals surface area contributed by atoms with E-state index in [-0.39, 0.29) is 12.6 Å². The zero-order chi connectivity index (χ0) is 12.1. The molecule has 1 atom stereocenters. The summed E-state index contributed by atoms with van der Waals surface area (Å²) in [6, 6.07) is 2.60. The third-order valence-electron chi connectivity index (χ3n) is 2.18. The number of nitrogens with zero attached hydrogens (tertiary/aromatic N) is 2. The lowest BCUT2D eigenvalue weighted by Gasteiger charge is -2.18. The van der Waals surface area contributed by atoms with Crippen molar-refractivity contribution in [3.05, 3.63) is 11.8 Å². The van der Waals surface area contributed by atoms with Crippen molar-refractivity contribution in [3.63, 3.8) is 0 Å². The molecule has 16 heavy (non-hydrogen) atoms. The van der Waals surface area contributed by atoms with Gasteiger partial charge in [0, 0.05) is 24.9 Å². The summed E-state index contributed by atoms with van der Waals surface area (Å²) >= 11 is 1.72. The number of thioether (sulfide) groups is 1. The van der Waals surface area contributed by atoms with Crippen LogP contribution < -0.4 is 5.32 Å². The number of aromatic nitrogens is 2. The monoisotopic (exact) mass is 243 g/mol. The van der Waals surface area contributed by atoms with Gasteiger partial charge in [-0.25, -0.2) is 0 Å². The van der Waals surface area contributed by atoms with Crippen molar-refractivity contribution >= 4 is 11.8 Å². The lowest BCUT2D eigenvalue weighted by atomic mass is 10.3. The van der Waals surface area contributed by atoms with Crippen LogP contribution in [0, 0.1) is 6.92 Å². The van der Waals surface area contributed by atoms with E-state index in [9.17, 15) is 5.11 Å². The Morgan fingerprint density at radius 1 is 1.56 bits per heavy atom. The van der Waals surface area contributed by atoms with Gasteiger partial charge in [-0.3, -0.25) is 4.68 Å². The molecule has 1 aromatic heterocycles. The minimum Gasteiger partial charge on any atom is -0.395 e. The summed E-state index contributed by atoms with van der Waals surface area (Å²) in [5.41, 5.74) is 1.03. The van der Waals surface area contributed by atoms with Gasteiger partial charge in [0.2, 0.25) is 0 Å². The summed E-state index contributed by atoms with van der Waals surface area (Å²) in [6.45, 7) is 6.32. The molecule has 92 valence electrons. The Labute approximate surface area is 101 Å². The molecule has 2 N–H and O–H groups in total. The highest BCUT2D eigenvalue weighted by atomic mass is 32.2. The smallest absolute Gasteiger partial charge is 0.0939 e. The summed E-state index contributed by atoms with van der Waals surface area (Å²) in [4.78, 5) is 0. The Bertz CT molecular complexity index is 325. The molecular weight excluding hydrogens is 222 g/mol. The van der Waals surface area contributed by atoms with Crippen LogP contribution in [-0.2, 0) is 7.05 Å². The van der Waals surface area contributed by atoms with E-state index in [1.54, 1.807) is 11.8 Å². The minimum absolute atomic E-state index is 0.139. The molecule has 0 fully saturated rings. The van der Waals surface area contributed by atoms with Crippen LogP contribution in [-0.4, -0.2) is 39.3 Å². The van der Waals surface area contributed by atoms with Gasteiger partial charge in [-0.2, -0.15) is 5.10 Å². The fraction of sp³-hybridized carbons (Fsp3) is 0.727. The molecule has 0 aliphatic rings. The predicted molar refractivity (Wildman–Crippen MR) is 67.8 cm³/mol. The molecule has 0 aromatic carbocycles. The molecule has 1 heterocycles. The SMILES string of the molecule is Cc1cc(SCC(CO)NC(C)C)n(C)n1. The normalized spacial score (nSPS) is 13.4. The molecule has 0 saturated heterocycles. The summed E-state index contributed by atoms with van der Waals surface area (Å²) < 4.78 is 1.88. The van der Waals surface area contributed by atoms with E-state index >= 15 is 0 Å². The second-order valence-electron chi connectivity index (χ2n) is 4.26. The number of hydrogen-bond donors (Lipinski definition) is 2. The van der Waals surface area contributed by atoms with Crippen LogP contribution in [0.2, 0.25) is 0 Å². The first-order valence-corrected chi connectivity index (χ1v) is 6.51. The average molecular weight is 243 g/mol. The van der Waals surface area contributed by atoms with Crippen molar-refractivity contribution in [1.29, 1.82) is 0 Å². The maximum absolute atomic E-state index is 9.23. The predicted octanol–water partition coefficient (Wildman–Crippen LogP) is 1.18. The van der Waals surface area contributed by atoms with Gasteiger partial charge in [-0.15, -0.1) is 11.8 Å². The van der Waals surface area contributed by atoms with E-state index in [1.165, 1.54) is 0 Å². The van der Waals surface area contributed by atoms with Gasteiger partial charge >= 0.3 is 0 Å². The van der Waals surface area contributed by atoms with Crippen LogP contribution in [0.3, 0.4) is 0 Å². The lowest BCUT2D eigenvalue weighted by molar-refractivity contribution is 0.247. The van der Waals surface area contributed by atoms with E-state index in [4.69, 9.17) is 0 Å². The van der Waals surface area contributed by atoms with E-state index < -0.39 is 0 Å². The first-order valence-electron chi connectivity index (χ1n) is 5.53. The molecule has 1 rings (SSSR count). The van der Waals surface area contributed by atoms with Gasteiger partial charge in [-0.1, -0.05) is 13.8 Å². The van der Waals surface area contributed by atoms with Crippen LogP contribution in [0.15, 0.2) is 11.1 Å². The fourth-order valence-corrected chi connectivity index (χ4v) is 2.59. The van der Waals surface area contributed by atoms with Gasteiger partial charge in [0.25, 0.3) is 0 Å². The van der Waals surface area contributed by atoms with Crippen LogP contribution in [0.5, 0.6) is 0 Å². The molecule has 0 bridgehead atoms. The largest absolute Gasteiger partial charge is 0.395 e. The molecule has 5 heteroatoms. The first kappa shape index (κ1) is 13.5. The van der Waals surface area contributed by atoms with Crippen molar-refractivity contribution in [1.82, 2.24) is 15.1 Å². The summed E-state index contributed by atoms with van der Waals surface area (Å²) in [5, 5.41) is 18.0. The third-order valence-corrected chi connectivity index (χ3v) is 3.43. The van der Waals surface area contributed by atoms with Gasteiger partial charge in [0.1, 0.15) is 0 Å². The van der Waals surface area contributed by atoms with E-state index in [0.717, 1.165) is 16.5 Å². The molecule has 1 aromatic rings. The van der Waals surface area contributed by atoms with Crippen molar-refractivity contribution in [2.24, 2.45) is 7.05 Å². The van der Waals surface area contributed by atoms with Crippen LogP contribution >= 0.6 is 11.8 Å². The van der Waals surface area contributed by atoms with Crippen LogP contribution in [0.4, 0.5) is 0 Å². The summed E-state index contributed by atoms with van der Waals surface area (Å²) in [5.74, 6) is 0.855. The van der Waals surface area contributed by atoms with Crippen molar-refractivity contribution in [2.45, 2.75) is 37.9 Å². The summed E-state index contributed by atoms with van der Waals surface area (Å²) in [7, 11) is 1.94. The van der Waals surface area contributed by atoms with Crippen LogP contribution in [0.1, 0.15) is 19.5 Å². The first-order chi connectivity index (χ1) is 7.52. The van der Waals surface area contributed by atoms with E-state index in [0.29, 0.717) is 6.04 Å². The lowest BCUT2D eigenvalue weighted by Crippen LogP contribution is -2.39. The Hall–Kier alpha value is -0.520. The van der Waals surface area contributed by atoms with Gasteiger partial charge in [0.15, 0.2) is 0 Å². The maximum Gasteiger partial charge on any atom is 0.0939 e. The maximum atomic E-state index is 9.23. The highest BCUT2D eigenvalue weighted by molar-refractivity contribution is 7.99. The standard InChI is InChI=1S/C11H21N3OS/c1-8(2)12-10(6-15)7-16-11-5-9(3)13-14(11)4/h5,8,10,12,15H,6-7H2,1-4H3. The Morgan fingerprint density at radius 2 is 2.25 bits per heavy atom. The minimum atomic E-state index is 0.139. The highest BCUT2D eigenvalue weighted by Crippen LogP contribution is 2.19. The molecule has 0 saturated carbocycles. The highest BCUT2D eigenvalue weighted by Gasteiger charge is 2.10. The van der Waals surface area contributed by atoms with Crippen molar-refractivity contribution < 1.29 is 5.11 Å². The van der Waals surface area contributed by atoms with E-state index in [1.807, 2.05) is 18.7 Å². The molecule has 0 aliphatic carbocycles. The number of hydrogen-bond acceptors (Lipinski definition) is 4. The zero-order valence-corrected chi connectivity index (χ0v) is 11.2. The Balaban J connectivity index is 2.46. The second-order valence-corrected chi connectivity index (χ2v) is 5.30. The van der Waals surface area contributed by atoms with Gasteiger partial charge in [0.05, 0.1) is 17.3 Å². The molecule has 0 spiro atoms. The number of aliphatic hydroxyl groups excluding tert-OH is 1. The molecule has 0 radical (unpaired) electrons. The number of nitrogens with one attached hydrogen (secondary N) is 1. The molecule has 0 aliphatic heterocycles. The molecule has 0 amide bonds. The van der Waals surface area contributed by atoms with Crippen LogP contribution in [0.25, 0.3) is 0 Å². The second kappa shape index (κ2) is 6.27. The molecular formula is C11H21N3OS. The number of aliphatic hydroxyl groups is 1. The van der Waals surface area contributed by atoms with Gasteiger partial charge < -0.3 is 10.4 Å². The van der Waals surface area contributed by atoms with E-state index in [2.05, 4.69) is 30.3 Å². The Morgan fingerprint density at radius 3 is 2.69 bits per heavy atom. The van der Waals surface area contributed by atoms with Crippen molar-refractivity contribution in [2.75, 3.05) is 12.4 Å². The molecule has 1 unspecified atom stereocenters. The van der Waals surface area contributed by atoms with Gasteiger partial charge in [-0.05, 0) is 13.0 Å². The number of rotatable bonds is 6. The third kappa shape index (κ3) is 4.15. The quantitative estimate of drug-likeness (QED) is 0.737. The molecule has 4 nitrogen and oxygen atoms in total.